The molecule has 0 bridgehead atoms. The Hall–Kier alpha value is -2.49. The second-order valence-corrected chi connectivity index (χ2v) is 4.46. The van der Waals surface area contributed by atoms with E-state index in [1.54, 1.807) is 0 Å². The Morgan fingerprint density at radius 2 is 1.79 bits per heavy atom. The zero-order chi connectivity index (χ0) is 13.1. The molecule has 0 fully saturated rings. The molecule has 0 aliphatic heterocycles. The first kappa shape index (κ1) is 11.6. The number of nitrogens with one attached hydrogen (secondary N) is 2. The Kier molecular flexibility index (Phi) is 3.06. The molecule has 4 heteroatoms. The first-order valence-electron chi connectivity index (χ1n) is 6.22. The monoisotopic (exact) mass is 250 g/mol. The third kappa shape index (κ3) is 2.38. The molecule has 0 saturated carbocycles. The fourth-order valence-electron chi connectivity index (χ4n) is 2.20. The van der Waals surface area contributed by atoms with Gasteiger partial charge in [0.05, 0.1) is 11.0 Å². The van der Waals surface area contributed by atoms with Crippen molar-refractivity contribution in [3.63, 3.8) is 0 Å². The average molecular weight is 250 g/mol. The summed E-state index contributed by atoms with van der Waals surface area (Å²) in [6.07, 6.45) is 0.613. The molecular formula is C15H14N4. The Balaban J connectivity index is 1.88. The number of hydrogen-bond acceptors (Lipinski definition) is 3. The van der Waals surface area contributed by atoms with Crippen molar-refractivity contribution >= 4 is 11.0 Å². The van der Waals surface area contributed by atoms with Crippen LogP contribution in [0.25, 0.3) is 11.0 Å². The van der Waals surface area contributed by atoms with Gasteiger partial charge in [0.2, 0.25) is 0 Å². The molecular weight excluding hydrogens is 236 g/mol. The minimum atomic E-state index is -0.179. The Morgan fingerprint density at radius 1 is 1.05 bits per heavy atom. The van der Waals surface area contributed by atoms with Crippen LogP contribution in [0.3, 0.4) is 0 Å². The molecule has 94 valence electrons. The molecule has 2 aromatic carbocycles. The predicted octanol–water partition coefficient (Wildman–Crippen LogP) is 3.88. The smallest absolute Gasteiger partial charge is 0.109 e. The lowest BCUT2D eigenvalue weighted by molar-refractivity contribution is 0.645. The Bertz CT molecular complexity index is 654. The summed E-state index contributed by atoms with van der Waals surface area (Å²) in [4.78, 5) is 7.80. The molecule has 0 spiro atoms. The van der Waals surface area contributed by atoms with Gasteiger partial charge < -0.3 is 4.98 Å². The summed E-state index contributed by atoms with van der Waals surface area (Å²) in [5.74, 6) is 0.867. The second kappa shape index (κ2) is 5.02. The topological polar surface area (TPSA) is 64.9 Å². The van der Waals surface area contributed by atoms with Crippen molar-refractivity contribution in [3.8, 4) is 0 Å². The normalized spacial score (nSPS) is 12.4. The van der Waals surface area contributed by atoms with Crippen molar-refractivity contribution in [2.45, 2.75) is 12.5 Å². The third-order valence-corrected chi connectivity index (χ3v) is 3.17. The highest BCUT2D eigenvalue weighted by Crippen LogP contribution is 2.22. The van der Waals surface area contributed by atoms with E-state index in [0.29, 0.717) is 6.42 Å². The SMILES string of the molecule is N=NC(Cc1nc2ccccc2[nH]1)c1ccccc1. The van der Waals surface area contributed by atoms with E-state index in [2.05, 4.69) is 15.1 Å². The Labute approximate surface area is 111 Å². The number of rotatable bonds is 4. The van der Waals surface area contributed by atoms with Gasteiger partial charge in [0.1, 0.15) is 11.9 Å². The number of benzene rings is 2. The maximum absolute atomic E-state index is 7.36. The number of nitrogens with zero attached hydrogens (tertiary/aromatic N) is 2. The summed E-state index contributed by atoms with van der Waals surface area (Å²) in [5.41, 5.74) is 10.4. The van der Waals surface area contributed by atoms with Gasteiger partial charge in [-0.15, -0.1) is 0 Å². The van der Waals surface area contributed by atoms with Crippen LogP contribution < -0.4 is 0 Å². The first-order chi connectivity index (χ1) is 9.36. The summed E-state index contributed by atoms with van der Waals surface area (Å²) in [6, 6.07) is 17.6. The molecule has 3 rings (SSSR count). The molecule has 2 N–H and O–H groups in total. The van der Waals surface area contributed by atoms with Gasteiger partial charge in [0, 0.05) is 6.42 Å². The zero-order valence-corrected chi connectivity index (χ0v) is 10.4. The van der Waals surface area contributed by atoms with Crippen LogP contribution >= 0.6 is 0 Å². The molecule has 0 radical (unpaired) electrons. The quantitative estimate of drug-likeness (QED) is 0.678. The van der Waals surface area contributed by atoms with Gasteiger partial charge in [-0.3, -0.25) is 0 Å². The fraction of sp³-hybridized carbons (Fsp3) is 0.133. The zero-order valence-electron chi connectivity index (χ0n) is 10.4. The number of H-pyrrole nitrogens is 1. The van der Waals surface area contributed by atoms with Crippen molar-refractivity contribution in [2.75, 3.05) is 0 Å². The number of imidazole rings is 1. The molecule has 1 aromatic heterocycles. The molecule has 1 heterocycles. The minimum Gasteiger partial charge on any atom is -0.342 e. The van der Waals surface area contributed by atoms with E-state index in [-0.39, 0.29) is 6.04 Å². The molecule has 0 aliphatic rings. The molecule has 3 aromatic rings. The van der Waals surface area contributed by atoms with Crippen molar-refractivity contribution in [2.24, 2.45) is 5.11 Å². The van der Waals surface area contributed by atoms with Crippen molar-refractivity contribution < 1.29 is 0 Å². The van der Waals surface area contributed by atoms with Crippen LogP contribution in [0.4, 0.5) is 0 Å². The molecule has 0 aliphatic carbocycles. The van der Waals surface area contributed by atoms with Crippen molar-refractivity contribution in [3.05, 3.63) is 66.0 Å². The second-order valence-electron chi connectivity index (χ2n) is 4.46. The van der Waals surface area contributed by atoms with Gasteiger partial charge in [-0.05, 0) is 17.7 Å². The number of aromatic nitrogens is 2. The summed E-state index contributed by atoms with van der Waals surface area (Å²) in [5, 5.41) is 3.71. The van der Waals surface area contributed by atoms with Crippen LogP contribution in [-0.2, 0) is 6.42 Å². The lowest BCUT2D eigenvalue weighted by atomic mass is 10.0. The summed E-state index contributed by atoms with van der Waals surface area (Å²) < 4.78 is 0. The van der Waals surface area contributed by atoms with E-state index >= 15 is 0 Å². The Morgan fingerprint density at radius 3 is 2.53 bits per heavy atom. The van der Waals surface area contributed by atoms with Gasteiger partial charge in [0.15, 0.2) is 0 Å². The lowest BCUT2D eigenvalue weighted by Crippen LogP contribution is -2.00. The van der Waals surface area contributed by atoms with E-state index in [0.717, 1.165) is 22.4 Å². The van der Waals surface area contributed by atoms with Gasteiger partial charge >= 0.3 is 0 Å². The number of fused-ring (bicyclic) bond motifs is 1. The van der Waals surface area contributed by atoms with Crippen LogP contribution in [-0.4, -0.2) is 9.97 Å². The molecule has 0 amide bonds. The van der Waals surface area contributed by atoms with E-state index in [9.17, 15) is 0 Å². The minimum absolute atomic E-state index is 0.179. The van der Waals surface area contributed by atoms with Gasteiger partial charge in [-0.2, -0.15) is 5.11 Å². The first-order valence-corrected chi connectivity index (χ1v) is 6.22. The predicted molar refractivity (Wildman–Crippen MR) is 74.1 cm³/mol. The number of aromatic amines is 1. The van der Waals surface area contributed by atoms with Crippen LogP contribution in [0.2, 0.25) is 0 Å². The largest absolute Gasteiger partial charge is 0.342 e. The van der Waals surface area contributed by atoms with Crippen molar-refractivity contribution in [1.29, 1.82) is 5.53 Å². The van der Waals surface area contributed by atoms with Crippen LogP contribution in [0.15, 0.2) is 59.7 Å². The number of hydrogen-bond donors (Lipinski definition) is 2. The van der Waals surface area contributed by atoms with E-state index < -0.39 is 0 Å². The lowest BCUT2D eigenvalue weighted by Gasteiger charge is -2.08. The van der Waals surface area contributed by atoms with Gasteiger partial charge in [-0.25, -0.2) is 10.5 Å². The van der Waals surface area contributed by atoms with Crippen LogP contribution in [0, 0.1) is 5.53 Å². The molecule has 0 saturated heterocycles. The highest BCUT2D eigenvalue weighted by molar-refractivity contribution is 5.74. The summed E-state index contributed by atoms with van der Waals surface area (Å²) in [7, 11) is 0. The van der Waals surface area contributed by atoms with Crippen LogP contribution in [0.5, 0.6) is 0 Å². The van der Waals surface area contributed by atoms with E-state index in [1.807, 2.05) is 54.6 Å². The van der Waals surface area contributed by atoms with Gasteiger partial charge in [-0.1, -0.05) is 42.5 Å². The summed E-state index contributed by atoms with van der Waals surface area (Å²) >= 11 is 0. The number of para-hydroxylation sites is 2. The highest BCUT2D eigenvalue weighted by atomic mass is 15.0. The standard InChI is InChI=1S/C15H14N4/c16-19-14(11-6-2-1-3-7-11)10-15-17-12-8-4-5-9-13(12)18-15/h1-9,14,16H,10H2,(H,17,18). The average Bonchev–Trinajstić information content (AvgIpc) is 2.88. The molecule has 1 atom stereocenters. The van der Waals surface area contributed by atoms with Crippen LogP contribution in [0.1, 0.15) is 17.4 Å². The summed E-state index contributed by atoms with van der Waals surface area (Å²) in [6.45, 7) is 0. The molecule has 1 unspecified atom stereocenters. The van der Waals surface area contributed by atoms with Crippen molar-refractivity contribution in [1.82, 2.24) is 9.97 Å². The molecule has 4 nitrogen and oxygen atoms in total. The van der Waals surface area contributed by atoms with E-state index in [4.69, 9.17) is 5.53 Å². The fourth-order valence-corrected chi connectivity index (χ4v) is 2.20. The third-order valence-electron chi connectivity index (χ3n) is 3.17. The maximum atomic E-state index is 7.36. The van der Waals surface area contributed by atoms with Gasteiger partial charge in [0.25, 0.3) is 0 Å². The van der Waals surface area contributed by atoms with E-state index in [1.165, 1.54) is 0 Å². The molecule has 19 heavy (non-hydrogen) atoms. The maximum Gasteiger partial charge on any atom is 0.109 e. The highest BCUT2D eigenvalue weighted by Gasteiger charge is 2.13.